The number of rotatable bonds is 3. The molecule has 0 fully saturated rings. The van der Waals surface area contributed by atoms with Crippen LogP contribution >= 0.6 is 22.9 Å². The second-order valence-electron chi connectivity index (χ2n) is 3.22. The molecule has 0 amide bonds. The lowest BCUT2D eigenvalue weighted by atomic mass is 10.2. The van der Waals surface area contributed by atoms with Crippen molar-refractivity contribution in [1.29, 1.82) is 0 Å². The molecule has 1 N–H and O–H groups in total. The number of benzene rings is 1. The molecule has 0 saturated heterocycles. The molecule has 0 bridgehead atoms. The van der Waals surface area contributed by atoms with Crippen LogP contribution in [0.1, 0.15) is 4.88 Å². The van der Waals surface area contributed by atoms with Crippen LogP contribution in [0.5, 0.6) is 0 Å². The molecule has 0 aliphatic heterocycles. The fourth-order valence-corrected chi connectivity index (χ4v) is 2.61. The summed E-state index contributed by atoms with van der Waals surface area (Å²) in [6.07, 6.45) is 0. The molecular formula is C11H8ClNO3S. The van der Waals surface area contributed by atoms with E-state index in [1.54, 1.807) is 18.2 Å². The van der Waals surface area contributed by atoms with E-state index >= 15 is 0 Å². The van der Waals surface area contributed by atoms with Gasteiger partial charge < -0.3 is 9.94 Å². The second-order valence-corrected chi connectivity index (χ2v) is 4.74. The van der Waals surface area contributed by atoms with E-state index in [0.717, 1.165) is 10.1 Å². The van der Waals surface area contributed by atoms with Crippen LogP contribution in [0, 0.1) is 0 Å². The maximum atomic E-state index is 11.0. The van der Waals surface area contributed by atoms with Crippen LogP contribution < -0.4 is 0 Å². The fourth-order valence-electron chi connectivity index (χ4n) is 1.41. The van der Waals surface area contributed by atoms with Crippen LogP contribution in [0.4, 0.5) is 0 Å². The molecular weight excluding hydrogens is 262 g/mol. The molecule has 0 aliphatic rings. The number of halogens is 1. The molecule has 0 spiro atoms. The van der Waals surface area contributed by atoms with Gasteiger partial charge in [0.15, 0.2) is 0 Å². The van der Waals surface area contributed by atoms with E-state index in [2.05, 4.69) is 9.99 Å². The summed E-state index contributed by atoms with van der Waals surface area (Å²) in [6, 6.07) is 7.12. The Kier molecular flexibility index (Phi) is 3.31. The molecule has 0 unspecified atom stereocenters. The first kappa shape index (κ1) is 11.9. The van der Waals surface area contributed by atoms with Gasteiger partial charge in [-0.3, -0.25) is 0 Å². The third kappa shape index (κ3) is 2.40. The van der Waals surface area contributed by atoms with Gasteiger partial charge in [-0.05, 0) is 29.7 Å². The van der Waals surface area contributed by atoms with Gasteiger partial charge in [-0.2, -0.15) is 0 Å². The highest BCUT2D eigenvalue weighted by molar-refractivity contribution is 7.21. The molecule has 2 rings (SSSR count). The first-order valence-electron chi connectivity index (χ1n) is 4.65. The number of aliphatic carboxylic acids is 1. The number of oxime groups is 1. The predicted molar refractivity (Wildman–Crippen MR) is 68.0 cm³/mol. The number of fused-ring (bicyclic) bond motifs is 1. The van der Waals surface area contributed by atoms with Crippen molar-refractivity contribution in [2.45, 2.75) is 0 Å². The van der Waals surface area contributed by atoms with Crippen molar-refractivity contribution < 1.29 is 14.7 Å². The highest BCUT2D eigenvalue weighted by atomic mass is 35.5. The lowest BCUT2D eigenvalue weighted by molar-refractivity contribution is -0.129. The van der Waals surface area contributed by atoms with Crippen molar-refractivity contribution in [2.75, 3.05) is 7.11 Å². The van der Waals surface area contributed by atoms with E-state index in [1.165, 1.54) is 18.4 Å². The van der Waals surface area contributed by atoms with Crippen LogP contribution in [-0.4, -0.2) is 23.9 Å². The van der Waals surface area contributed by atoms with Crippen LogP contribution in [0.2, 0.25) is 5.02 Å². The minimum Gasteiger partial charge on any atom is -0.476 e. The Morgan fingerprint density at radius 2 is 2.24 bits per heavy atom. The third-order valence-corrected chi connectivity index (χ3v) is 3.45. The van der Waals surface area contributed by atoms with Gasteiger partial charge in [0.2, 0.25) is 5.71 Å². The van der Waals surface area contributed by atoms with Gasteiger partial charge in [0.05, 0.1) is 4.88 Å². The quantitative estimate of drug-likeness (QED) is 0.688. The Labute approximate surface area is 106 Å². The van der Waals surface area contributed by atoms with Crippen LogP contribution in [0.3, 0.4) is 0 Å². The van der Waals surface area contributed by atoms with Gasteiger partial charge in [0, 0.05) is 9.72 Å². The van der Waals surface area contributed by atoms with Crippen molar-refractivity contribution >= 4 is 44.7 Å². The second kappa shape index (κ2) is 4.73. The molecule has 0 atom stereocenters. The van der Waals surface area contributed by atoms with E-state index < -0.39 is 5.97 Å². The van der Waals surface area contributed by atoms with Crippen molar-refractivity contribution in [3.05, 3.63) is 34.2 Å². The number of nitrogens with zero attached hydrogens (tertiary/aromatic N) is 1. The van der Waals surface area contributed by atoms with Crippen molar-refractivity contribution in [3.63, 3.8) is 0 Å². The Morgan fingerprint density at radius 1 is 1.47 bits per heavy atom. The molecule has 0 radical (unpaired) electrons. The normalized spacial score (nSPS) is 11.8. The lowest BCUT2D eigenvalue weighted by Crippen LogP contribution is -2.13. The average Bonchev–Trinajstić information content (AvgIpc) is 2.67. The summed E-state index contributed by atoms with van der Waals surface area (Å²) in [5, 5.41) is 14.0. The number of hydrogen-bond acceptors (Lipinski definition) is 4. The first-order valence-corrected chi connectivity index (χ1v) is 5.85. The van der Waals surface area contributed by atoms with Gasteiger partial charge in [-0.25, -0.2) is 4.79 Å². The molecule has 0 aliphatic carbocycles. The molecule has 4 nitrogen and oxygen atoms in total. The van der Waals surface area contributed by atoms with Crippen molar-refractivity contribution in [3.8, 4) is 0 Å². The zero-order valence-corrected chi connectivity index (χ0v) is 10.4. The van der Waals surface area contributed by atoms with Crippen molar-refractivity contribution in [1.82, 2.24) is 0 Å². The molecule has 1 aromatic carbocycles. The maximum absolute atomic E-state index is 11.0. The highest BCUT2D eigenvalue weighted by Crippen LogP contribution is 2.28. The van der Waals surface area contributed by atoms with Gasteiger partial charge in [-0.1, -0.05) is 16.8 Å². The van der Waals surface area contributed by atoms with Gasteiger partial charge >= 0.3 is 5.97 Å². The number of carboxylic acids is 1. The minimum absolute atomic E-state index is 0.107. The summed E-state index contributed by atoms with van der Waals surface area (Å²) in [5.41, 5.74) is -0.107. The van der Waals surface area contributed by atoms with E-state index in [0.29, 0.717) is 9.90 Å². The Bertz CT molecular complexity index is 606. The van der Waals surface area contributed by atoms with E-state index in [4.69, 9.17) is 16.7 Å². The van der Waals surface area contributed by atoms with Crippen LogP contribution in [0.25, 0.3) is 10.1 Å². The Balaban J connectivity index is 2.55. The van der Waals surface area contributed by atoms with Crippen LogP contribution in [0.15, 0.2) is 29.4 Å². The van der Waals surface area contributed by atoms with Crippen molar-refractivity contribution in [2.24, 2.45) is 5.16 Å². The van der Waals surface area contributed by atoms with Gasteiger partial charge in [0.1, 0.15) is 7.11 Å². The van der Waals surface area contributed by atoms with E-state index in [9.17, 15) is 4.79 Å². The largest absolute Gasteiger partial charge is 0.476 e. The molecule has 1 aromatic heterocycles. The SMILES string of the molecule is CO/N=C(/C(=O)O)c1cc2cc(Cl)ccc2s1. The number of carboxylic acid groups (broad SMARTS) is 1. The van der Waals surface area contributed by atoms with Crippen LogP contribution in [-0.2, 0) is 9.63 Å². The number of carbonyl (C=O) groups is 1. The predicted octanol–water partition coefficient (Wildman–Crippen LogP) is 2.99. The maximum Gasteiger partial charge on any atom is 0.359 e. The molecule has 2 aromatic rings. The summed E-state index contributed by atoms with van der Waals surface area (Å²) in [4.78, 5) is 16.1. The minimum atomic E-state index is -1.12. The number of thiophene rings is 1. The molecule has 1 heterocycles. The van der Waals surface area contributed by atoms with Gasteiger partial charge in [0.25, 0.3) is 0 Å². The number of hydrogen-bond donors (Lipinski definition) is 1. The molecule has 6 heteroatoms. The summed E-state index contributed by atoms with van der Waals surface area (Å²) < 4.78 is 0.953. The topological polar surface area (TPSA) is 58.9 Å². The smallest absolute Gasteiger partial charge is 0.359 e. The lowest BCUT2D eigenvalue weighted by Gasteiger charge is -1.94. The zero-order valence-electron chi connectivity index (χ0n) is 8.81. The zero-order chi connectivity index (χ0) is 12.4. The summed E-state index contributed by atoms with van der Waals surface area (Å²) in [5.74, 6) is -1.12. The summed E-state index contributed by atoms with van der Waals surface area (Å²) in [7, 11) is 1.31. The standard InChI is InChI=1S/C11H8ClNO3S/c1-16-13-10(11(14)15)9-5-6-4-7(12)2-3-8(6)17-9/h2-5H,1H3,(H,14,15)/b13-10+. The van der Waals surface area contributed by atoms with E-state index in [-0.39, 0.29) is 5.71 Å². The fraction of sp³-hybridized carbons (Fsp3) is 0.0909. The molecule has 0 saturated carbocycles. The average molecular weight is 270 g/mol. The van der Waals surface area contributed by atoms with Gasteiger partial charge in [-0.15, -0.1) is 11.3 Å². The molecule has 88 valence electrons. The highest BCUT2D eigenvalue weighted by Gasteiger charge is 2.16. The first-order chi connectivity index (χ1) is 8.11. The monoisotopic (exact) mass is 269 g/mol. The molecule has 17 heavy (non-hydrogen) atoms. The summed E-state index contributed by atoms with van der Waals surface area (Å²) >= 11 is 7.20. The van der Waals surface area contributed by atoms with E-state index in [1.807, 2.05) is 6.07 Å². The third-order valence-electron chi connectivity index (χ3n) is 2.10. The Morgan fingerprint density at radius 3 is 2.88 bits per heavy atom. The Hall–Kier alpha value is -1.59. The summed E-state index contributed by atoms with van der Waals surface area (Å²) in [6.45, 7) is 0.